The fraction of sp³-hybridized carbons (Fsp3) is 0.304. The largest absolute Gasteiger partial charge is 0.508 e. The Balaban J connectivity index is 0.000000172. The zero-order valence-corrected chi connectivity index (χ0v) is 32.4. The molecular formula is C46H50N2O8. The second kappa shape index (κ2) is 18.0. The average molecular weight is 759 g/mol. The van der Waals surface area contributed by atoms with Gasteiger partial charge in [-0.05, 0) is 70.1 Å². The fourth-order valence-electron chi connectivity index (χ4n) is 7.99. The number of fused-ring (bicyclic) bond motifs is 2. The minimum absolute atomic E-state index is 0.142. The smallest absolute Gasteiger partial charge is 0.123 e. The van der Waals surface area contributed by atoms with Gasteiger partial charge >= 0.3 is 0 Å². The van der Waals surface area contributed by atoms with Crippen LogP contribution in [-0.2, 0) is 9.47 Å². The van der Waals surface area contributed by atoms with Crippen LogP contribution in [0.5, 0.6) is 34.5 Å². The van der Waals surface area contributed by atoms with E-state index < -0.39 is 0 Å². The highest BCUT2D eigenvalue weighted by Gasteiger charge is 2.32. The third kappa shape index (κ3) is 8.06. The van der Waals surface area contributed by atoms with Crippen molar-refractivity contribution in [3.8, 4) is 34.5 Å². The van der Waals surface area contributed by atoms with E-state index in [0.29, 0.717) is 26.4 Å². The summed E-state index contributed by atoms with van der Waals surface area (Å²) in [6.45, 7) is 5.81. The summed E-state index contributed by atoms with van der Waals surface area (Å²) in [7, 11) is 6.68. The number of phenolic OH excluding ortho intramolecular Hbond substituents is 2. The summed E-state index contributed by atoms with van der Waals surface area (Å²) in [5, 5.41) is 26.0. The first-order valence-corrected chi connectivity index (χ1v) is 18.9. The van der Waals surface area contributed by atoms with Crippen molar-refractivity contribution in [2.24, 2.45) is 0 Å². The highest BCUT2D eigenvalue weighted by molar-refractivity contribution is 5.91. The van der Waals surface area contributed by atoms with Crippen LogP contribution in [0.2, 0.25) is 0 Å². The molecule has 2 heterocycles. The molecule has 8 rings (SSSR count). The number of para-hydroxylation sites is 2. The maximum absolute atomic E-state index is 11.0. The number of ether oxygens (including phenoxy) is 6. The zero-order valence-electron chi connectivity index (χ0n) is 32.4. The molecule has 2 N–H and O–H groups in total. The van der Waals surface area contributed by atoms with Crippen LogP contribution in [0, 0.1) is 0 Å². The summed E-state index contributed by atoms with van der Waals surface area (Å²) in [5.41, 5.74) is 3.80. The summed E-state index contributed by atoms with van der Waals surface area (Å²) in [6.07, 6.45) is 0. The van der Waals surface area contributed by atoms with E-state index in [4.69, 9.17) is 28.4 Å². The minimum Gasteiger partial charge on any atom is -0.508 e. The minimum atomic E-state index is -0.157. The predicted octanol–water partition coefficient (Wildman–Crippen LogP) is 7.97. The number of benzene rings is 6. The van der Waals surface area contributed by atoms with E-state index in [0.717, 1.165) is 93.0 Å². The van der Waals surface area contributed by atoms with Gasteiger partial charge < -0.3 is 38.6 Å². The van der Waals surface area contributed by atoms with Crippen molar-refractivity contribution >= 4 is 21.5 Å². The number of nitrogens with zero attached hydrogens (tertiary/aromatic N) is 2. The maximum atomic E-state index is 11.0. The Morgan fingerprint density at radius 2 is 0.929 bits per heavy atom. The lowest BCUT2D eigenvalue weighted by Gasteiger charge is -2.36. The number of morpholine rings is 2. The molecule has 10 nitrogen and oxygen atoms in total. The van der Waals surface area contributed by atoms with E-state index in [1.807, 2.05) is 84.9 Å². The topological polar surface area (TPSA) is 102 Å². The Morgan fingerprint density at radius 1 is 0.482 bits per heavy atom. The number of phenols is 2. The first kappa shape index (κ1) is 38.7. The van der Waals surface area contributed by atoms with Gasteiger partial charge in [0.25, 0.3) is 0 Å². The van der Waals surface area contributed by atoms with Crippen LogP contribution < -0.4 is 18.9 Å². The fourth-order valence-corrected chi connectivity index (χ4v) is 7.99. The van der Waals surface area contributed by atoms with Gasteiger partial charge in [0.1, 0.15) is 34.5 Å². The SMILES string of the molecule is COc1ccc2c(C(c3ccccc3OC)N3CCOCC3)c(O)ccc2c1.COc1ccc2ccc(O)c(C(c3ccccc3OC)N3CCOCC3)c2c1. The summed E-state index contributed by atoms with van der Waals surface area (Å²) >= 11 is 0. The Hall–Kier alpha value is -5.52. The van der Waals surface area contributed by atoms with Gasteiger partial charge in [0, 0.05) is 48.4 Å². The molecule has 6 aromatic rings. The van der Waals surface area contributed by atoms with Crippen LogP contribution >= 0.6 is 0 Å². The quantitative estimate of drug-likeness (QED) is 0.143. The van der Waals surface area contributed by atoms with Crippen molar-refractivity contribution in [1.29, 1.82) is 0 Å². The maximum Gasteiger partial charge on any atom is 0.123 e. The van der Waals surface area contributed by atoms with E-state index in [1.165, 1.54) is 0 Å². The van der Waals surface area contributed by atoms with Gasteiger partial charge in [0.05, 0.1) is 67.0 Å². The van der Waals surface area contributed by atoms with Crippen molar-refractivity contribution < 1.29 is 38.6 Å². The molecule has 0 saturated carbocycles. The van der Waals surface area contributed by atoms with Gasteiger partial charge in [-0.1, -0.05) is 60.7 Å². The Bertz CT molecular complexity index is 2250. The molecule has 2 atom stereocenters. The molecule has 10 heteroatoms. The average Bonchev–Trinajstić information content (AvgIpc) is 3.26. The molecule has 2 fully saturated rings. The first-order chi connectivity index (χ1) is 27.4. The standard InChI is InChI=1S/2C23H25NO4/c1-26-17-8-9-18-16(15-17)7-10-20(25)22(18)23(24-11-13-28-14-12-24)19-5-3-4-6-21(19)27-2;1-26-17-9-7-16-8-10-20(25)22(19(16)15-17)23(24-11-13-28-14-12-24)18-5-3-4-6-21(18)27-2/h2*3-10,15,23,25H,11-14H2,1-2H3. The number of methoxy groups -OCH3 is 4. The zero-order chi connectivity index (χ0) is 39.0. The van der Waals surface area contributed by atoms with Gasteiger partial charge in [-0.3, -0.25) is 9.80 Å². The Morgan fingerprint density at radius 3 is 1.45 bits per heavy atom. The molecule has 6 aromatic carbocycles. The van der Waals surface area contributed by atoms with Crippen LogP contribution in [0.1, 0.15) is 34.3 Å². The molecule has 56 heavy (non-hydrogen) atoms. The molecule has 0 bridgehead atoms. The second-order valence-corrected chi connectivity index (χ2v) is 13.8. The summed E-state index contributed by atoms with van der Waals surface area (Å²) in [5.74, 6) is 3.72. The number of rotatable bonds is 10. The lowest BCUT2D eigenvalue weighted by molar-refractivity contribution is 0.0234. The third-order valence-corrected chi connectivity index (χ3v) is 10.7. The molecule has 2 saturated heterocycles. The molecule has 2 aliphatic heterocycles. The van der Waals surface area contributed by atoms with Gasteiger partial charge in [0.2, 0.25) is 0 Å². The molecule has 2 aliphatic rings. The lowest BCUT2D eigenvalue weighted by atomic mass is 9.90. The monoisotopic (exact) mass is 758 g/mol. The molecule has 0 spiro atoms. The summed E-state index contributed by atoms with van der Waals surface area (Å²) in [4.78, 5) is 4.69. The van der Waals surface area contributed by atoms with Crippen molar-refractivity contribution in [2.75, 3.05) is 81.0 Å². The van der Waals surface area contributed by atoms with Crippen molar-refractivity contribution in [3.63, 3.8) is 0 Å². The molecular weight excluding hydrogens is 709 g/mol. The first-order valence-electron chi connectivity index (χ1n) is 18.9. The van der Waals surface area contributed by atoms with E-state index >= 15 is 0 Å². The number of hydrogen-bond acceptors (Lipinski definition) is 10. The van der Waals surface area contributed by atoms with Crippen molar-refractivity contribution in [3.05, 3.63) is 131 Å². The van der Waals surface area contributed by atoms with Crippen LogP contribution in [0.3, 0.4) is 0 Å². The van der Waals surface area contributed by atoms with E-state index in [1.54, 1.807) is 40.6 Å². The normalized spacial score (nSPS) is 16.1. The molecule has 0 aliphatic carbocycles. The molecule has 0 aromatic heterocycles. The van der Waals surface area contributed by atoms with Crippen molar-refractivity contribution in [2.45, 2.75) is 12.1 Å². The molecule has 0 amide bonds. The van der Waals surface area contributed by atoms with E-state index in [9.17, 15) is 10.2 Å². The number of hydrogen-bond donors (Lipinski definition) is 2. The lowest BCUT2D eigenvalue weighted by Crippen LogP contribution is -2.39. The number of aromatic hydroxyl groups is 2. The van der Waals surface area contributed by atoms with Crippen LogP contribution in [0.25, 0.3) is 21.5 Å². The third-order valence-electron chi connectivity index (χ3n) is 10.7. The summed E-state index contributed by atoms with van der Waals surface area (Å²) < 4.78 is 33.3. The van der Waals surface area contributed by atoms with Gasteiger partial charge in [-0.2, -0.15) is 0 Å². The van der Waals surface area contributed by atoms with Gasteiger partial charge in [0.15, 0.2) is 0 Å². The van der Waals surface area contributed by atoms with Gasteiger partial charge in [-0.15, -0.1) is 0 Å². The molecule has 2 unspecified atom stereocenters. The van der Waals surface area contributed by atoms with Crippen LogP contribution in [-0.4, -0.2) is 101 Å². The van der Waals surface area contributed by atoms with Crippen LogP contribution in [0.4, 0.5) is 0 Å². The highest BCUT2D eigenvalue weighted by Crippen LogP contribution is 2.45. The summed E-state index contributed by atoms with van der Waals surface area (Å²) in [6, 6.07) is 35.0. The van der Waals surface area contributed by atoms with Gasteiger partial charge in [-0.25, -0.2) is 0 Å². The van der Waals surface area contributed by atoms with E-state index in [-0.39, 0.29) is 23.6 Å². The van der Waals surface area contributed by atoms with Crippen molar-refractivity contribution in [1.82, 2.24) is 9.80 Å². The van der Waals surface area contributed by atoms with Crippen LogP contribution in [0.15, 0.2) is 109 Å². The predicted molar refractivity (Wildman–Crippen MR) is 219 cm³/mol. The van der Waals surface area contributed by atoms with E-state index in [2.05, 4.69) is 21.9 Å². The Labute approximate surface area is 328 Å². The highest BCUT2D eigenvalue weighted by atomic mass is 16.5. The Kier molecular flexibility index (Phi) is 12.4. The molecule has 0 radical (unpaired) electrons. The molecule has 292 valence electrons. The second-order valence-electron chi connectivity index (χ2n) is 13.8.